The van der Waals surface area contributed by atoms with Gasteiger partial charge in [0.2, 0.25) is 0 Å². The quantitative estimate of drug-likeness (QED) is 0.794. The number of aliphatic hydroxyl groups excluding tert-OH is 1. The lowest BCUT2D eigenvalue weighted by atomic mass is 10.0. The van der Waals surface area contributed by atoms with Gasteiger partial charge in [0.05, 0.1) is 12.3 Å². The molecular weight excluding hydrogens is 230 g/mol. The average Bonchev–Trinajstić information content (AvgIpc) is 2.42. The average molecular weight is 243 g/mol. The first-order valence-corrected chi connectivity index (χ1v) is 5.59. The summed E-state index contributed by atoms with van der Waals surface area (Å²) in [5.74, 6) is 0. The first-order valence-electron chi connectivity index (χ1n) is 5.59. The Morgan fingerprint density at radius 2 is 1.94 bits per heavy atom. The van der Waals surface area contributed by atoms with Gasteiger partial charge in [-0.05, 0) is 5.56 Å². The smallest absolute Gasteiger partial charge is 0.186 e. The Hall–Kier alpha value is -2.20. The van der Waals surface area contributed by atoms with E-state index in [1.54, 1.807) is 0 Å². The molecule has 0 saturated heterocycles. The predicted molar refractivity (Wildman–Crippen MR) is 67.6 cm³/mol. The van der Waals surface area contributed by atoms with E-state index in [-0.39, 0.29) is 17.7 Å². The maximum atomic E-state index is 11.9. The van der Waals surface area contributed by atoms with Gasteiger partial charge in [-0.2, -0.15) is 0 Å². The Morgan fingerprint density at radius 1 is 1.22 bits per heavy atom. The van der Waals surface area contributed by atoms with Gasteiger partial charge in [-0.1, -0.05) is 30.3 Å². The minimum Gasteiger partial charge on any atom is -0.390 e. The highest BCUT2D eigenvalue weighted by Crippen LogP contribution is 2.09. The van der Waals surface area contributed by atoms with Crippen LogP contribution in [0.25, 0.3) is 0 Å². The number of hydrogen-bond donors (Lipinski definition) is 2. The Labute approximate surface area is 104 Å². The zero-order valence-corrected chi connectivity index (χ0v) is 9.72. The molecule has 4 heteroatoms. The van der Waals surface area contributed by atoms with Crippen LogP contribution in [0.15, 0.2) is 41.2 Å². The monoisotopic (exact) mass is 243 g/mol. The summed E-state index contributed by atoms with van der Waals surface area (Å²) in [6.45, 7) is -0.290. The molecule has 0 fully saturated rings. The van der Waals surface area contributed by atoms with Crippen molar-refractivity contribution in [2.24, 2.45) is 0 Å². The number of rotatable bonds is 4. The van der Waals surface area contributed by atoms with Gasteiger partial charge in [-0.15, -0.1) is 0 Å². The molecule has 1 aromatic heterocycles. The van der Waals surface area contributed by atoms with E-state index in [2.05, 4.69) is 4.98 Å². The SMILES string of the molecule is O=Cc1[nH]c(CO)cc(=O)c1Cc1ccccc1. The Morgan fingerprint density at radius 3 is 2.56 bits per heavy atom. The summed E-state index contributed by atoms with van der Waals surface area (Å²) in [5, 5.41) is 8.98. The lowest BCUT2D eigenvalue weighted by Gasteiger charge is -2.06. The highest BCUT2D eigenvalue weighted by Gasteiger charge is 2.09. The van der Waals surface area contributed by atoms with Crippen molar-refractivity contribution in [3.8, 4) is 0 Å². The normalized spacial score (nSPS) is 10.3. The minimum atomic E-state index is -0.290. The van der Waals surface area contributed by atoms with Gasteiger partial charge in [0, 0.05) is 23.7 Å². The third kappa shape index (κ3) is 2.55. The number of hydrogen-bond acceptors (Lipinski definition) is 3. The second-order valence-corrected chi connectivity index (χ2v) is 3.99. The molecule has 1 aromatic carbocycles. The van der Waals surface area contributed by atoms with E-state index in [1.165, 1.54) is 6.07 Å². The molecule has 0 spiro atoms. The molecule has 0 unspecified atom stereocenters. The van der Waals surface area contributed by atoms with E-state index in [1.807, 2.05) is 30.3 Å². The fraction of sp³-hybridized carbons (Fsp3) is 0.143. The van der Waals surface area contributed by atoms with Crippen molar-refractivity contribution in [2.45, 2.75) is 13.0 Å². The van der Waals surface area contributed by atoms with E-state index in [0.29, 0.717) is 24.0 Å². The van der Waals surface area contributed by atoms with E-state index < -0.39 is 0 Å². The number of nitrogens with one attached hydrogen (secondary N) is 1. The Bertz CT molecular complexity index is 602. The van der Waals surface area contributed by atoms with Crippen LogP contribution in [0.4, 0.5) is 0 Å². The molecule has 0 saturated carbocycles. The van der Waals surface area contributed by atoms with Gasteiger partial charge >= 0.3 is 0 Å². The maximum absolute atomic E-state index is 11.9. The van der Waals surface area contributed by atoms with Crippen molar-refractivity contribution in [1.82, 2.24) is 4.98 Å². The van der Waals surface area contributed by atoms with Crippen molar-refractivity contribution in [1.29, 1.82) is 0 Å². The van der Waals surface area contributed by atoms with E-state index in [9.17, 15) is 9.59 Å². The second kappa shape index (κ2) is 5.42. The summed E-state index contributed by atoms with van der Waals surface area (Å²) in [5.41, 5.74) is 1.73. The van der Waals surface area contributed by atoms with Crippen molar-refractivity contribution in [3.05, 3.63) is 69.1 Å². The van der Waals surface area contributed by atoms with Crippen molar-refractivity contribution >= 4 is 6.29 Å². The lowest BCUT2D eigenvalue weighted by Crippen LogP contribution is -2.16. The molecule has 0 radical (unpaired) electrons. The van der Waals surface area contributed by atoms with Crippen LogP contribution in [0.2, 0.25) is 0 Å². The molecule has 2 rings (SSSR count). The van der Waals surface area contributed by atoms with Gasteiger partial charge in [-0.3, -0.25) is 9.59 Å². The number of H-pyrrole nitrogens is 1. The fourth-order valence-electron chi connectivity index (χ4n) is 1.83. The third-order valence-corrected chi connectivity index (χ3v) is 2.74. The molecule has 0 amide bonds. The molecule has 4 nitrogen and oxygen atoms in total. The summed E-state index contributed by atoms with van der Waals surface area (Å²) >= 11 is 0. The van der Waals surface area contributed by atoms with Crippen molar-refractivity contribution < 1.29 is 9.90 Å². The molecule has 1 heterocycles. The first-order chi connectivity index (χ1) is 8.74. The molecule has 18 heavy (non-hydrogen) atoms. The number of carbonyl (C=O) groups excluding carboxylic acids is 1. The van der Waals surface area contributed by atoms with Gasteiger partial charge in [-0.25, -0.2) is 0 Å². The molecule has 0 aliphatic heterocycles. The molecule has 0 aliphatic carbocycles. The molecule has 0 bridgehead atoms. The highest BCUT2D eigenvalue weighted by atomic mass is 16.3. The molecule has 0 aliphatic rings. The van der Waals surface area contributed by atoms with Gasteiger partial charge in [0.25, 0.3) is 0 Å². The summed E-state index contributed by atoms with van der Waals surface area (Å²) in [6.07, 6.45) is 1.01. The van der Waals surface area contributed by atoms with E-state index in [4.69, 9.17) is 5.11 Å². The molecule has 92 valence electrons. The first kappa shape index (κ1) is 12.3. The number of pyridine rings is 1. The van der Waals surface area contributed by atoms with Crippen LogP contribution >= 0.6 is 0 Å². The number of aliphatic hydroxyl groups is 1. The standard InChI is InChI=1S/C14H13NO3/c16-8-11-7-14(18)12(13(9-17)15-11)6-10-4-2-1-3-5-10/h1-5,7,9,16H,6,8H2,(H,15,18). The van der Waals surface area contributed by atoms with Crippen LogP contribution in [0.3, 0.4) is 0 Å². The largest absolute Gasteiger partial charge is 0.390 e. The maximum Gasteiger partial charge on any atom is 0.186 e. The van der Waals surface area contributed by atoms with Gasteiger partial charge in [0.15, 0.2) is 11.7 Å². The number of aldehydes is 1. The fourth-order valence-corrected chi connectivity index (χ4v) is 1.83. The van der Waals surface area contributed by atoms with Gasteiger partial charge < -0.3 is 10.1 Å². The summed E-state index contributed by atoms with van der Waals surface area (Å²) in [4.78, 5) is 25.6. The summed E-state index contributed by atoms with van der Waals surface area (Å²) in [7, 11) is 0. The Balaban J connectivity index is 2.44. The number of carbonyl (C=O) groups is 1. The van der Waals surface area contributed by atoms with Crippen LogP contribution in [0.1, 0.15) is 27.3 Å². The van der Waals surface area contributed by atoms with Crippen molar-refractivity contribution in [2.75, 3.05) is 0 Å². The molecular formula is C14H13NO3. The van der Waals surface area contributed by atoms with Crippen LogP contribution in [0.5, 0.6) is 0 Å². The third-order valence-electron chi connectivity index (χ3n) is 2.74. The zero-order chi connectivity index (χ0) is 13.0. The number of benzene rings is 1. The highest BCUT2D eigenvalue weighted by molar-refractivity contribution is 5.74. The topological polar surface area (TPSA) is 70.2 Å². The van der Waals surface area contributed by atoms with Crippen LogP contribution in [0, 0.1) is 0 Å². The zero-order valence-electron chi connectivity index (χ0n) is 9.72. The van der Waals surface area contributed by atoms with Crippen molar-refractivity contribution in [3.63, 3.8) is 0 Å². The number of aromatic nitrogens is 1. The van der Waals surface area contributed by atoms with Crippen LogP contribution < -0.4 is 5.43 Å². The molecule has 2 aromatic rings. The van der Waals surface area contributed by atoms with E-state index >= 15 is 0 Å². The second-order valence-electron chi connectivity index (χ2n) is 3.99. The lowest BCUT2D eigenvalue weighted by molar-refractivity contribution is 0.111. The van der Waals surface area contributed by atoms with Crippen LogP contribution in [-0.2, 0) is 13.0 Å². The summed E-state index contributed by atoms with van der Waals surface area (Å²) < 4.78 is 0. The van der Waals surface area contributed by atoms with Gasteiger partial charge in [0.1, 0.15) is 0 Å². The molecule has 2 N–H and O–H groups in total. The Kier molecular flexibility index (Phi) is 3.69. The molecule has 0 atom stereocenters. The van der Waals surface area contributed by atoms with Crippen LogP contribution in [-0.4, -0.2) is 16.4 Å². The number of aromatic amines is 1. The minimum absolute atomic E-state index is 0.232. The summed E-state index contributed by atoms with van der Waals surface area (Å²) in [6, 6.07) is 10.8. The predicted octanol–water partition coefficient (Wildman–Crippen LogP) is 1.27. The van der Waals surface area contributed by atoms with E-state index in [0.717, 1.165) is 5.56 Å².